The molecule has 0 aliphatic rings. The van der Waals surface area contributed by atoms with Crippen LogP contribution in [0.4, 0.5) is 0 Å². The van der Waals surface area contributed by atoms with E-state index in [9.17, 15) is 4.79 Å². The molecule has 0 fully saturated rings. The first kappa shape index (κ1) is 11.0. The summed E-state index contributed by atoms with van der Waals surface area (Å²) in [5, 5.41) is 0. The van der Waals surface area contributed by atoms with Gasteiger partial charge in [0.1, 0.15) is 0 Å². The number of hydrogen-bond acceptors (Lipinski definition) is 2. The lowest BCUT2D eigenvalue weighted by Crippen LogP contribution is -2.06. The van der Waals surface area contributed by atoms with Crippen molar-refractivity contribution in [2.45, 2.75) is 33.6 Å². The zero-order valence-electron chi connectivity index (χ0n) is 8.02. The van der Waals surface area contributed by atoms with E-state index >= 15 is 0 Å². The summed E-state index contributed by atoms with van der Waals surface area (Å²) in [6.45, 7) is 6.10. The van der Waals surface area contributed by atoms with E-state index in [2.05, 4.69) is 5.73 Å². The topological polar surface area (TPSA) is 26.3 Å². The molecule has 12 heavy (non-hydrogen) atoms. The Morgan fingerprint density at radius 2 is 2.17 bits per heavy atom. The van der Waals surface area contributed by atoms with Crippen molar-refractivity contribution in [1.29, 1.82) is 0 Å². The van der Waals surface area contributed by atoms with Crippen molar-refractivity contribution in [1.82, 2.24) is 0 Å². The molecule has 0 saturated carbocycles. The molecule has 2 nitrogen and oxygen atoms in total. The number of esters is 1. The molecule has 2 heteroatoms. The lowest BCUT2D eigenvalue weighted by Gasteiger charge is -2.01. The zero-order valence-corrected chi connectivity index (χ0v) is 8.02. The average molecular weight is 168 g/mol. The summed E-state index contributed by atoms with van der Waals surface area (Å²) in [7, 11) is 0. The van der Waals surface area contributed by atoms with Crippen LogP contribution in [0, 0.1) is 0 Å². The third-order valence-corrected chi connectivity index (χ3v) is 1.34. The summed E-state index contributed by atoms with van der Waals surface area (Å²) in [6, 6.07) is 0. The second-order valence-electron chi connectivity index (χ2n) is 2.38. The van der Waals surface area contributed by atoms with Crippen LogP contribution in [-0.2, 0) is 9.53 Å². The van der Waals surface area contributed by atoms with Crippen LogP contribution in [0.2, 0.25) is 0 Å². The molecular weight excluding hydrogens is 152 g/mol. The molecule has 0 aliphatic carbocycles. The summed E-state index contributed by atoms with van der Waals surface area (Å²) >= 11 is 0. The monoisotopic (exact) mass is 168 g/mol. The maximum atomic E-state index is 11.2. The zero-order chi connectivity index (χ0) is 9.40. The van der Waals surface area contributed by atoms with E-state index in [4.69, 9.17) is 4.74 Å². The van der Waals surface area contributed by atoms with Gasteiger partial charge in [0.05, 0.1) is 12.2 Å². The highest BCUT2D eigenvalue weighted by atomic mass is 16.5. The lowest BCUT2D eigenvalue weighted by atomic mass is 10.1. The van der Waals surface area contributed by atoms with Crippen LogP contribution in [0.25, 0.3) is 0 Å². The van der Waals surface area contributed by atoms with E-state index in [1.807, 2.05) is 13.8 Å². The van der Waals surface area contributed by atoms with Crippen molar-refractivity contribution in [3.63, 3.8) is 0 Å². The molecule has 0 spiro atoms. The average Bonchev–Trinajstić information content (AvgIpc) is 2.04. The number of carbonyl (C=O) groups excluding carboxylic acids is 1. The third kappa shape index (κ3) is 3.99. The predicted octanol–water partition coefficient (Wildman–Crippen LogP) is 2.45. The van der Waals surface area contributed by atoms with Gasteiger partial charge in [0.15, 0.2) is 0 Å². The number of rotatable bonds is 4. The molecule has 0 aromatic rings. The van der Waals surface area contributed by atoms with Crippen LogP contribution in [0.15, 0.2) is 17.4 Å². The molecule has 68 valence electrons. The first-order chi connectivity index (χ1) is 5.76. The van der Waals surface area contributed by atoms with Gasteiger partial charge in [-0.3, -0.25) is 0 Å². The van der Waals surface area contributed by atoms with Gasteiger partial charge in [-0.15, -0.1) is 5.73 Å². The third-order valence-electron chi connectivity index (χ3n) is 1.34. The van der Waals surface area contributed by atoms with E-state index in [-0.39, 0.29) is 5.97 Å². The minimum absolute atomic E-state index is 0.238. The molecule has 0 heterocycles. The lowest BCUT2D eigenvalue weighted by molar-refractivity contribution is -0.138. The van der Waals surface area contributed by atoms with Gasteiger partial charge in [-0.2, -0.15) is 0 Å². The molecule has 0 radical (unpaired) electrons. The summed E-state index contributed by atoms with van der Waals surface area (Å²) in [4.78, 5) is 11.2. The Morgan fingerprint density at radius 1 is 1.50 bits per heavy atom. The smallest absolute Gasteiger partial charge is 0.341 e. The molecule has 0 unspecified atom stereocenters. The van der Waals surface area contributed by atoms with Gasteiger partial charge in [-0.1, -0.05) is 13.3 Å². The van der Waals surface area contributed by atoms with E-state index < -0.39 is 0 Å². The molecule has 0 N–H and O–H groups in total. The minimum Gasteiger partial charge on any atom is -0.462 e. The van der Waals surface area contributed by atoms with E-state index in [1.165, 1.54) is 0 Å². The molecule has 0 aromatic carbocycles. The van der Waals surface area contributed by atoms with Gasteiger partial charge in [0.25, 0.3) is 0 Å². The van der Waals surface area contributed by atoms with E-state index in [0.29, 0.717) is 12.2 Å². The molecule has 0 bridgehead atoms. The Balaban J connectivity index is 4.31. The first-order valence-corrected chi connectivity index (χ1v) is 4.33. The number of carbonyl (C=O) groups is 1. The molecule has 0 saturated heterocycles. The SMILES string of the molecule is CC=C=C(CCC)C(=O)OCC. The van der Waals surface area contributed by atoms with Gasteiger partial charge in [-0.05, 0) is 26.3 Å². The van der Waals surface area contributed by atoms with Gasteiger partial charge >= 0.3 is 5.97 Å². The molecule has 0 amide bonds. The van der Waals surface area contributed by atoms with Crippen LogP contribution >= 0.6 is 0 Å². The van der Waals surface area contributed by atoms with Crippen LogP contribution in [0.3, 0.4) is 0 Å². The maximum absolute atomic E-state index is 11.2. The van der Waals surface area contributed by atoms with Gasteiger partial charge in [0, 0.05) is 0 Å². The van der Waals surface area contributed by atoms with Crippen LogP contribution in [0.5, 0.6) is 0 Å². The maximum Gasteiger partial charge on any atom is 0.341 e. The van der Waals surface area contributed by atoms with Gasteiger partial charge in [0.2, 0.25) is 0 Å². The molecule has 0 atom stereocenters. The van der Waals surface area contributed by atoms with E-state index in [1.54, 1.807) is 13.0 Å². The van der Waals surface area contributed by atoms with Crippen LogP contribution in [-0.4, -0.2) is 12.6 Å². The van der Waals surface area contributed by atoms with Crippen LogP contribution in [0.1, 0.15) is 33.6 Å². The second kappa shape index (κ2) is 6.68. The standard InChI is InChI=1S/C10H16O2/c1-4-7-9(8-5-2)10(11)12-6-3/h4H,5-6,8H2,1-3H3. The summed E-state index contributed by atoms with van der Waals surface area (Å²) in [5.74, 6) is -0.238. The Hall–Kier alpha value is -1.01. The second-order valence-corrected chi connectivity index (χ2v) is 2.38. The fourth-order valence-electron chi connectivity index (χ4n) is 0.876. The van der Waals surface area contributed by atoms with Crippen LogP contribution < -0.4 is 0 Å². The van der Waals surface area contributed by atoms with Gasteiger partial charge in [-0.25, -0.2) is 4.79 Å². The highest BCUT2D eigenvalue weighted by molar-refractivity contribution is 5.88. The van der Waals surface area contributed by atoms with E-state index in [0.717, 1.165) is 12.8 Å². The minimum atomic E-state index is -0.238. The quantitative estimate of drug-likeness (QED) is 0.366. The fourth-order valence-corrected chi connectivity index (χ4v) is 0.876. The van der Waals surface area contributed by atoms with Crippen molar-refractivity contribution >= 4 is 5.97 Å². The summed E-state index contributed by atoms with van der Waals surface area (Å²) in [6.07, 6.45) is 3.42. The Bertz CT molecular complexity index is 198. The highest BCUT2D eigenvalue weighted by Crippen LogP contribution is 2.05. The summed E-state index contributed by atoms with van der Waals surface area (Å²) < 4.78 is 4.85. The number of ether oxygens (including phenoxy) is 1. The predicted molar refractivity (Wildman–Crippen MR) is 48.8 cm³/mol. The van der Waals surface area contributed by atoms with Crippen molar-refractivity contribution in [2.24, 2.45) is 0 Å². The molecule has 0 rings (SSSR count). The first-order valence-electron chi connectivity index (χ1n) is 4.33. The Kier molecular flexibility index (Phi) is 6.12. The molecule has 0 aromatic heterocycles. The van der Waals surface area contributed by atoms with Crippen molar-refractivity contribution < 1.29 is 9.53 Å². The Morgan fingerprint density at radius 3 is 2.58 bits per heavy atom. The summed E-state index contributed by atoms with van der Waals surface area (Å²) in [5.41, 5.74) is 3.53. The fraction of sp³-hybridized carbons (Fsp3) is 0.600. The Labute approximate surface area is 73.9 Å². The number of hydrogen-bond donors (Lipinski definition) is 0. The normalized spacial score (nSPS) is 8.58. The van der Waals surface area contributed by atoms with Crippen molar-refractivity contribution in [3.8, 4) is 0 Å². The van der Waals surface area contributed by atoms with Crippen molar-refractivity contribution in [3.05, 3.63) is 17.4 Å². The highest BCUT2D eigenvalue weighted by Gasteiger charge is 2.07. The molecule has 0 aliphatic heterocycles. The van der Waals surface area contributed by atoms with Crippen molar-refractivity contribution in [2.75, 3.05) is 6.61 Å². The van der Waals surface area contributed by atoms with Gasteiger partial charge < -0.3 is 4.74 Å². The molecular formula is C10H16O2. The largest absolute Gasteiger partial charge is 0.462 e.